The Kier molecular flexibility index (Phi) is 3.82. The number of nitrogens with two attached hydrogens (primary N) is 1. The van der Waals surface area contributed by atoms with Gasteiger partial charge < -0.3 is 15.8 Å². The highest BCUT2D eigenvalue weighted by molar-refractivity contribution is 6.31. The van der Waals surface area contributed by atoms with Gasteiger partial charge in [-0.25, -0.2) is 9.97 Å². The Morgan fingerprint density at radius 2 is 2.21 bits per heavy atom. The Balaban J connectivity index is 2.44. The van der Waals surface area contributed by atoms with Crippen LogP contribution in [0.1, 0.15) is 10.4 Å². The van der Waals surface area contributed by atoms with E-state index in [-0.39, 0.29) is 11.4 Å². The average molecular weight is 279 g/mol. The van der Waals surface area contributed by atoms with E-state index in [0.717, 1.165) is 0 Å². The number of benzene rings is 1. The lowest BCUT2D eigenvalue weighted by Gasteiger charge is -2.12. The molecule has 0 atom stereocenters. The highest BCUT2D eigenvalue weighted by Crippen LogP contribution is 2.31. The van der Waals surface area contributed by atoms with Crippen LogP contribution >= 0.6 is 11.6 Å². The monoisotopic (exact) mass is 278 g/mol. The van der Waals surface area contributed by atoms with Crippen LogP contribution in [0, 0.1) is 0 Å². The predicted octanol–water partition coefficient (Wildman–Crippen LogP) is 2.28. The summed E-state index contributed by atoms with van der Waals surface area (Å²) in [5.74, 6) is 0.968. The van der Waals surface area contributed by atoms with Crippen LogP contribution in [-0.2, 0) is 0 Å². The maximum atomic E-state index is 11.0. The van der Waals surface area contributed by atoms with E-state index in [0.29, 0.717) is 28.6 Å². The number of hydrogen-bond acceptors (Lipinski definition) is 6. The van der Waals surface area contributed by atoms with Crippen LogP contribution in [0.4, 0.5) is 17.3 Å². The Bertz CT molecular complexity index is 619. The minimum atomic E-state index is 0.105. The molecule has 0 fully saturated rings. The van der Waals surface area contributed by atoms with Crippen molar-refractivity contribution in [1.29, 1.82) is 0 Å². The fourth-order valence-electron chi connectivity index (χ4n) is 1.53. The molecule has 19 heavy (non-hydrogen) atoms. The van der Waals surface area contributed by atoms with Gasteiger partial charge in [-0.15, -0.1) is 0 Å². The molecular formula is C12H11ClN4O2. The zero-order valence-electron chi connectivity index (χ0n) is 10.1. The summed E-state index contributed by atoms with van der Waals surface area (Å²) in [7, 11) is 1.53. The maximum absolute atomic E-state index is 11.0. The number of nitrogens with one attached hydrogen (secondary N) is 1. The quantitative estimate of drug-likeness (QED) is 0.834. The second-order valence-corrected chi connectivity index (χ2v) is 4.05. The minimum absolute atomic E-state index is 0.105. The topological polar surface area (TPSA) is 90.1 Å². The minimum Gasteiger partial charge on any atom is -0.495 e. The van der Waals surface area contributed by atoms with Crippen LogP contribution in [0.25, 0.3) is 0 Å². The molecule has 1 aromatic carbocycles. The SMILES string of the molecule is COc1ccc(Cl)cc1Nc1ncnc(N)c1C=O. The van der Waals surface area contributed by atoms with Gasteiger partial charge in [0.15, 0.2) is 6.29 Å². The van der Waals surface area contributed by atoms with Gasteiger partial charge in [-0.3, -0.25) is 4.79 Å². The molecule has 2 rings (SSSR count). The number of rotatable bonds is 4. The summed E-state index contributed by atoms with van der Waals surface area (Å²) in [5, 5.41) is 3.48. The van der Waals surface area contributed by atoms with Crippen molar-refractivity contribution < 1.29 is 9.53 Å². The molecular weight excluding hydrogens is 268 g/mol. The number of halogens is 1. The van der Waals surface area contributed by atoms with Crippen molar-refractivity contribution in [3.63, 3.8) is 0 Å². The molecule has 3 N–H and O–H groups in total. The number of aldehydes is 1. The van der Waals surface area contributed by atoms with Crippen LogP contribution in [0.2, 0.25) is 5.02 Å². The van der Waals surface area contributed by atoms with Crippen molar-refractivity contribution in [1.82, 2.24) is 9.97 Å². The summed E-state index contributed by atoms with van der Waals surface area (Å²) in [6.07, 6.45) is 1.86. The number of hydrogen-bond donors (Lipinski definition) is 2. The Morgan fingerprint density at radius 3 is 2.89 bits per heavy atom. The average Bonchev–Trinajstić information content (AvgIpc) is 2.39. The highest BCUT2D eigenvalue weighted by Gasteiger charge is 2.11. The Hall–Kier alpha value is -2.34. The predicted molar refractivity (Wildman–Crippen MR) is 73.1 cm³/mol. The lowest BCUT2D eigenvalue weighted by molar-refractivity contribution is 0.112. The van der Waals surface area contributed by atoms with Crippen molar-refractivity contribution in [2.45, 2.75) is 0 Å². The summed E-state index contributed by atoms with van der Waals surface area (Å²) < 4.78 is 5.19. The summed E-state index contributed by atoms with van der Waals surface area (Å²) in [4.78, 5) is 18.7. The molecule has 0 radical (unpaired) electrons. The molecule has 0 aliphatic carbocycles. The second-order valence-electron chi connectivity index (χ2n) is 3.61. The van der Waals surface area contributed by atoms with E-state index in [1.165, 1.54) is 13.4 Å². The van der Waals surface area contributed by atoms with Crippen molar-refractivity contribution in [2.24, 2.45) is 0 Å². The molecule has 0 saturated carbocycles. The first kappa shape index (κ1) is 13.1. The normalized spacial score (nSPS) is 10.0. The van der Waals surface area contributed by atoms with E-state index < -0.39 is 0 Å². The Morgan fingerprint density at radius 1 is 1.42 bits per heavy atom. The molecule has 6 nitrogen and oxygen atoms in total. The molecule has 0 unspecified atom stereocenters. The van der Waals surface area contributed by atoms with Gasteiger partial charge in [0, 0.05) is 5.02 Å². The summed E-state index contributed by atoms with van der Waals surface area (Å²) in [5.41, 5.74) is 6.37. The van der Waals surface area contributed by atoms with Gasteiger partial charge in [0.2, 0.25) is 0 Å². The van der Waals surface area contributed by atoms with Crippen molar-refractivity contribution >= 4 is 35.2 Å². The Labute approximate surface area is 114 Å². The number of aromatic nitrogens is 2. The standard InChI is InChI=1S/C12H11ClN4O2/c1-19-10-3-2-7(13)4-9(10)17-12-8(5-18)11(14)15-6-16-12/h2-6H,1H3,(H3,14,15,16,17). The number of nitrogens with zero attached hydrogens (tertiary/aromatic N) is 2. The van der Waals surface area contributed by atoms with Crippen LogP contribution in [0.15, 0.2) is 24.5 Å². The smallest absolute Gasteiger partial charge is 0.157 e. The van der Waals surface area contributed by atoms with Crippen LogP contribution in [0.3, 0.4) is 0 Å². The largest absolute Gasteiger partial charge is 0.495 e. The third-order valence-corrected chi connectivity index (χ3v) is 2.68. The van der Waals surface area contributed by atoms with Gasteiger partial charge in [-0.2, -0.15) is 0 Å². The molecule has 7 heteroatoms. The van der Waals surface area contributed by atoms with Gasteiger partial charge in [0.25, 0.3) is 0 Å². The van der Waals surface area contributed by atoms with Gasteiger partial charge in [0.05, 0.1) is 18.4 Å². The second kappa shape index (κ2) is 5.53. The first-order chi connectivity index (χ1) is 9.15. The lowest BCUT2D eigenvalue weighted by atomic mass is 10.2. The van der Waals surface area contributed by atoms with Gasteiger partial charge >= 0.3 is 0 Å². The number of carbonyl (C=O) groups excluding carboxylic acids is 1. The fourth-order valence-corrected chi connectivity index (χ4v) is 1.70. The molecule has 2 aromatic rings. The molecule has 0 spiro atoms. The number of anilines is 3. The number of nitrogen functional groups attached to an aromatic ring is 1. The third kappa shape index (κ3) is 2.74. The molecule has 98 valence electrons. The van der Waals surface area contributed by atoms with Gasteiger partial charge in [-0.1, -0.05) is 11.6 Å². The summed E-state index contributed by atoms with van der Waals surface area (Å²) in [6, 6.07) is 5.06. The molecule has 1 heterocycles. The highest BCUT2D eigenvalue weighted by atomic mass is 35.5. The van der Waals surface area contributed by atoms with E-state index >= 15 is 0 Å². The zero-order chi connectivity index (χ0) is 13.8. The molecule has 0 aliphatic rings. The summed E-state index contributed by atoms with van der Waals surface area (Å²) >= 11 is 5.92. The first-order valence-corrected chi connectivity index (χ1v) is 5.69. The zero-order valence-corrected chi connectivity index (χ0v) is 10.8. The van der Waals surface area contributed by atoms with Gasteiger partial charge in [0.1, 0.15) is 23.7 Å². The molecule has 0 saturated heterocycles. The van der Waals surface area contributed by atoms with E-state index in [1.54, 1.807) is 18.2 Å². The van der Waals surface area contributed by atoms with Crippen LogP contribution in [-0.4, -0.2) is 23.4 Å². The van der Waals surface area contributed by atoms with Crippen molar-refractivity contribution in [2.75, 3.05) is 18.2 Å². The lowest BCUT2D eigenvalue weighted by Crippen LogP contribution is -2.05. The molecule has 0 amide bonds. The molecule has 1 aromatic heterocycles. The van der Waals surface area contributed by atoms with E-state index in [2.05, 4.69) is 15.3 Å². The maximum Gasteiger partial charge on any atom is 0.157 e. The number of carbonyl (C=O) groups is 1. The van der Waals surface area contributed by atoms with Crippen LogP contribution in [0.5, 0.6) is 5.75 Å². The van der Waals surface area contributed by atoms with Crippen molar-refractivity contribution in [3.05, 3.63) is 35.1 Å². The van der Waals surface area contributed by atoms with E-state index in [4.69, 9.17) is 22.1 Å². The van der Waals surface area contributed by atoms with Crippen LogP contribution < -0.4 is 15.8 Å². The van der Waals surface area contributed by atoms with Crippen molar-refractivity contribution in [3.8, 4) is 5.75 Å². The van der Waals surface area contributed by atoms with E-state index in [1.807, 2.05) is 0 Å². The fraction of sp³-hybridized carbons (Fsp3) is 0.0833. The number of ether oxygens (including phenoxy) is 1. The summed E-state index contributed by atoms with van der Waals surface area (Å²) in [6.45, 7) is 0. The first-order valence-electron chi connectivity index (χ1n) is 5.32. The number of methoxy groups -OCH3 is 1. The molecule has 0 bridgehead atoms. The molecule has 0 aliphatic heterocycles. The van der Waals surface area contributed by atoms with Gasteiger partial charge in [-0.05, 0) is 18.2 Å². The third-order valence-electron chi connectivity index (χ3n) is 2.45. The van der Waals surface area contributed by atoms with E-state index in [9.17, 15) is 4.79 Å².